The molecule has 2 heterocycles. The number of hydrogen-bond donors (Lipinski definition) is 1. The van der Waals surface area contributed by atoms with Gasteiger partial charge in [-0.15, -0.1) is 0 Å². The molecule has 2 atom stereocenters. The second kappa shape index (κ2) is 5.23. The zero-order valence-corrected chi connectivity index (χ0v) is 11.9. The van der Waals surface area contributed by atoms with Gasteiger partial charge in [0.25, 0.3) is 0 Å². The molecule has 19 heavy (non-hydrogen) atoms. The number of likely N-dealkylation sites (tertiary alicyclic amines) is 1. The van der Waals surface area contributed by atoms with E-state index in [2.05, 4.69) is 33.4 Å². The predicted molar refractivity (Wildman–Crippen MR) is 73.9 cm³/mol. The van der Waals surface area contributed by atoms with E-state index in [0.717, 1.165) is 26.1 Å². The maximum Gasteiger partial charge on any atom is 0.0951 e. The molecule has 1 N–H and O–H groups in total. The molecule has 1 aliphatic carbocycles. The van der Waals surface area contributed by atoms with Gasteiger partial charge in [0.2, 0.25) is 0 Å². The molecule has 1 saturated carbocycles. The van der Waals surface area contributed by atoms with Crippen molar-refractivity contribution in [1.82, 2.24) is 19.4 Å². The minimum absolute atomic E-state index is 0.178. The smallest absolute Gasteiger partial charge is 0.0951 e. The van der Waals surface area contributed by atoms with Crippen LogP contribution >= 0.6 is 0 Å². The van der Waals surface area contributed by atoms with Gasteiger partial charge in [-0.1, -0.05) is 0 Å². The molecule has 106 valence electrons. The Morgan fingerprint density at radius 3 is 2.89 bits per heavy atom. The second-order valence-electron chi connectivity index (χ2n) is 6.26. The Labute approximate surface area is 114 Å². The van der Waals surface area contributed by atoms with Gasteiger partial charge in [0.05, 0.1) is 18.1 Å². The van der Waals surface area contributed by atoms with Crippen molar-refractivity contribution in [2.75, 3.05) is 27.2 Å². The Bertz CT molecular complexity index is 427. The van der Waals surface area contributed by atoms with Gasteiger partial charge < -0.3 is 14.6 Å². The van der Waals surface area contributed by atoms with Gasteiger partial charge in [-0.05, 0) is 33.4 Å². The summed E-state index contributed by atoms with van der Waals surface area (Å²) in [6.07, 6.45) is 7.22. The van der Waals surface area contributed by atoms with Crippen LogP contribution in [0.15, 0.2) is 12.5 Å². The third kappa shape index (κ3) is 2.99. The highest BCUT2D eigenvalue weighted by Crippen LogP contribution is 2.36. The predicted octanol–water partition coefficient (Wildman–Crippen LogP) is 0.715. The van der Waals surface area contributed by atoms with Crippen molar-refractivity contribution in [3.63, 3.8) is 0 Å². The van der Waals surface area contributed by atoms with Gasteiger partial charge in [0, 0.05) is 37.9 Å². The molecular formula is C14H24N4O. The molecule has 2 unspecified atom stereocenters. The summed E-state index contributed by atoms with van der Waals surface area (Å²) in [6.45, 7) is 2.70. The van der Waals surface area contributed by atoms with Crippen LogP contribution in [0.3, 0.4) is 0 Å². The Morgan fingerprint density at radius 1 is 1.42 bits per heavy atom. The normalized spacial score (nSPS) is 28.4. The van der Waals surface area contributed by atoms with Gasteiger partial charge in [-0.2, -0.15) is 0 Å². The molecule has 5 nitrogen and oxygen atoms in total. The average molecular weight is 264 g/mol. The first-order valence-electron chi connectivity index (χ1n) is 7.21. The molecule has 0 bridgehead atoms. The van der Waals surface area contributed by atoms with E-state index in [-0.39, 0.29) is 6.10 Å². The van der Waals surface area contributed by atoms with Gasteiger partial charge in [0.1, 0.15) is 0 Å². The summed E-state index contributed by atoms with van der Waals surface area (Å²) in [5.74, 6) is 0. The topological polar surface area (TPSA) is 44.5 Å². The summed E-state index contributed by atoms with van der Waals surface area (Å²) in [5.41, 5.74) is 1.29. The number of hydrogen-bond acceptors (Lipinski definition) is 4. The Kier molecular flexibility index (Phi) is 3.60. The van der Waals surface area contributed by atoms with Gasteiger partial charge in [0.15, 0.2) is 0 Å². The molecule has 1 saturated heterocycles. The first kappa shape index (κ1) is 13.1. The number of likely N-dealkylation sites (N-methyl/N-ethyl adjacent to an activating group) is 1. The lowest BCUT2D eigenvalue weighted by molar-refractivity contribution is 0.167. The Morgan fingerprint density at radius 2 is 2.21 bits per heavy atom. The Balaban J connectivity index is 1.68. The van der Waals surface area contributed by atoms with Crippen LogP contribution in [0, 0.1) is 0 Å². The SMILES string of the molecule is CN(C)CC1CC(O)CN1Cc1cncn1C1CC1. The fourth-order valence-electron chi connectivity index (χ4n) is 3.11. The number of rotatable bonds is 5. The zero-order valence-electron chi connectivity index (χ0n) is 11.9. The summed E-state index contributed by atoms with van der Waals surface area (Å²) in [5, 5.41) is 9.92. The largest absolute Gasteiger partial charge is 0.392 e. The van der Waals surface area contributed by atoms with Crippen LogP contribution in [0.2, 0.25) is 0 Å². The summed E-state index contributed by atoms with van der Waals surface area (Å²) in [7, 11) is 4.19. The third-order valence-corrected chi connectivity index (χ3v) is 4.13. The van der Waals surface area contributed by atoms with Crippen molar-refractivity contribution in [1.29, 1.82) is 0 Å². The molecule has 0 spiro atoms. The van der Waals surface area contributed by atoms with E-state index >= 15 is 0 Å². The lowest BCUT2D eigenvalue weighted by Crippen LogP contribution is -2.37. The molecule has 1 aromatic heterocycles. The number of imidazole rings is 1. The van der Waals surface area contributed by atoms with Gasteiger partial charge >= 0.3 is 0 Å². The van der Waals surface area contributed by atoms with E-state index < -0.39 is 0 Å². The molecule has 2 aliphatic rings. The van der Waals surface area contributed by atoms with E-state index in [1.807, 2.05) is 12.5 Å². The molecule has 0 radical (unpaired) electrons. The first-order valence-corrected chi connectivity index (χ1v) is 7.21. The first-order chi connectivity index (χ1) is 9.13. The van der Waals surface area contributed by atoms with E-state index in [1.54, 1.807) is 0 Å². The number of aromatic nitrogens is 2. The highest BCUT2D eigenvalue weighted by molar-refractivity contribution is 5.05. The lowest BCUT2D eigenvalue weighted by Gasteiger charge is -2.26. The van der Waals surface area contributed by atoms with Crippen molar-refractivity contribution in [2.45, 2.75) is 44.0 Å². The molecular weight excluding hydrogens is 240 g/mol. The molecule has 3 rings (SSSR count). The van der Waals surface area contributed by atoms with Gasteiger partial charge in [-0.3, -0.25) is 4.90 Å². The summed E-state index contributed by atoms with van der Waals surface area (Å²) >= 11 is 0. The molecule has 0 amide bonds. The van der Waals surface area contributed by atoms with Crippen molar-refractivity contribution < 1.29 is 5.11 Å². The number of nitrogens with zero attached hydrogens (tertiary/aromatic N) is 4. The van der Waals surface area contributed by atoms with Crippen molar-refractivity contribution in [2.24, 2.45) is 0 Å². The minimum Gasteiger partial charge on any atom is -0.392 e. The fraction of sp³-hybridized carbons (Fsp3) is 0.786. The number of aliphatic hydroxyl groups is 1. The molecule has 0 aromatic carbocycles. The quantitative estimate of drug-likeness (QED) is 0.851. The summed E-state index contributed by atoms with van der Waals surface area (Å²) in [6, 6.07) is 1.13. The van der Waals surface area contributed by atoms with Crippen LogP contribution in [-0.4, -0.2) is 63.8 Å². The van der Waals surface area contributed by atoms with Crippen LogP contribution in [0.1, 0.15) is 31.0 Å². The lowest BCUT2D eigenvalue weighted by atomic mass is 10.2. The van der Waals surface area contributed by atoms with Crippen molar-refractivity contribution >= 4 is 0 Å². The minimum atomic E-state index is -0.178. The highest BCUT2D eigenvalue weighted by Gasteiger charge is 2.33. The van der Waals surface area contributed by atoms with Crippen molar-refractivity contribution in [3.05, 3.63) is 18.2 Å². The summed E-state index contributed by atoms with van der Waals surface area (Å²) < 4.78 is 2.32. The van der Waals surface area contributed by atoms with E-state index in [0.29, 0.717) is 12.1 Å². The number of β-amino-alcohol motifs (C(OH)–C–C–N with tert-alkyl or cyclic N) is 1. The number of aliphatic hydroxyl groups excluding tert-OH is 1. The maximum absolute atomic E-state index is 9.92. The highest BCUT2D eigenvalue weighted by atomic mass is 16.3. The maximum atomic E-state index is 9.92. The zero-order chi connectivity index (χ0) is 13.4. The molecule has 1 aromatic rings. The van der Waals surface area contributed by atoms with E-state index in [1.165, 1.54) is 18.5 Å². The summed E-state index contributed by atoms with van der Waals surface area (Å²) in [4.78, 5) is 8.90. The van der Waals surface area contributed by atoms with Crippen molar-refractivity contribution in [3.8, 4) is 0 Å². The molecule has 1 aliphatic heterocycles. The van der Waals surface area contributed by atoms with Crippen LogP contribution in [-0.2, 0) is 6.54 Å². The van der Waals surface area contributed by atoms with Gasteiger partial charge in [-0.25, -0.2) is 4.98 Å². The second-order valence-corrected chi connectivity index (χ2v) is 6.26. The van der Waals surface area contributed by atoms with Crippen LogP contribution in [0.25, 0.3) is 0 Å². The Hall–Kier alpha value is -0.910. The van der Waals surface area contributed by atoms with Crippen LogP contribution < -0.4 is 0 Å². The van der Waals surface area contributed by atoms with E-state index in [9.17, 15) is 5.11 Å². The molecule has 5 heteroatoms. The monoisotopic (exact) mass is 264 g/mol. The molecule has 2 fully saturated rings. The third-order valence-electron chi connectivity index (χ3n) is 4.13. The average Bonchev–Trinajstić information content (AvgIpc) is 2.98. The van der Waals surface area contributed by atoms with Crippen LogP contribution in [0.4, 0.5) is 0 Å². The standard InChI is InChI=1S/C14H24N4O/c1-16(2)7-12-5-14(19)9-17(12)8-13-6-15-10-18(13)11-3-4-11/h6,10-12,14,19H,3-5,7-9H2,1-2H3. The fourth-order valence-corrected chi connectivity index (χ4v) is 3.11. The van der Waals surface area contributed by atoms with E-state index in [4.69, 9.17) is 0 Å². The van der Waals surface area contributed by atoms with Crippen LogP contribution in [0.5, 0.6) is 0 Å².